The van der Waals surface area contributed by atoms with E-state index >= 15 is 0 Å². The van der Waals surface area contributed by atoms with Crippen molar-refractivity contribution in [3.8, 4) is 0 Å². The van der Waals surface area contributed by atoms with E-state index in [0.717, 1.165) is 25.7 Å². The zero-order valence-electron chi connectivity index (χ0n) is 10.7. The number of amides is 4. The van der Waals surface area contributed by atoms with Gasteiger partial charge in [-0.1, -0.05) is 0 Å². The zero-order chi connectivity index (χ0) is 13.1. The van der Waals surface area contributed by atoms with Crippen LogP contribution in [0.2, 0.25) is 0 Å². The van der Waals surface area contributed by atoms with Gasteiger partial charge in [0.25, 0.3) is 5.91 Å². The summed E-state index contributed by atoms with van der Waals surface area (Å²) in [4.78, 5) is 41.7. The van der Waals surface area contributed by atoms with Gasteiger partial charge in [0.15, 0.2) is 0 Å². The fourth-order valence-electron chi connectivity index (χ4n) is 3.61. The first kappa shape index (κ1) is 11.3. The van der Waals surface area contributed by atoms with Gasteiger partial charge in [0.1, 0.15) is 12.1 Å². The Balaban J connectivity index is 1.58. The molecule has 0 radical (unpaired) electrons. The molecular weight excluding hydrogens is 246 g/mol. The molecule has 19 heavy (non-hydrogen) atoms. The average Bonchev–Trinajstić information content (AvgIpc) is 2.91. The fourth-order valence-corrected chi connectivity index (χ4v) is 3.61. The van der Waals surface area contributed by atoms with Crippen molar-refractivity contribution in [2.45, 2.75) is 50.2 Å². The quantitative estimate of drug-likeness (QED) is 0.668. The van der Waals surface area contributed by atoms with Gasteiger partial charge < -0.3 is 9.80 Å². The van der Waals surface area contributed by atoms with Gasteiger partial charge in [-0.3, -0.25) is 9.59 Å². The predicted molar refractivity (Wildman–Crippen MR) is 65.1 cm³/mol. The highest BCUT2D eigenvalue weighted by atomic mass is 16.2. The molecule has 0 aromatic heterocycles. The van der Waals surface area contributed by atoms with E-state index in [4.69, 9.17) is 0 Å². The molecule has 0 unspecified atom stereocenters. The number of fused-ring (bicyclic) bond motifs is 1. The Bertz CT molecular complexity index is 452. The molecule has 0 N–H and O–H groups in total. The lowest BCUT2D eigenvalue weighted by molar-refractivity contribution is -0.138. The smallest absolute Gasteiger partial charge is 0.328 e. The fraction of sp³-hybridized carbons (Fsp3) is 0.769. The third kappa shape index (κ3) is 1.45. The second-order valence-electron chi connectivity index (χ2n) is 5.91. The average molecular weight is 263 g/mol. The molecule has 0 bridgehead atoms. The molecule has 4 amide bonds. The monoisotopic (exact) mass is 263 g/mol. The summed E-state index contributed by atoms with van der Waals surface area (Å²) in [6, 6.07) is -0.713. The molecule has 3 saturated heterocycles. The summed E-state index contributed by atoms with van der Waals surface area (Å²) in [5.74, 6) is -0.177. The summed E-state index contributed by atoms with van der Waals surface area (Å²) < 4.78 is 0. The molecule has 4 aliphatic rings. The summed E-state index contributed by atoms with van der Waals surface area (Å²) in [6.45, 7) is 1.34. The minimum absolute atomic E-state index is 0.0228. The zero-order valence-corrected chi connectivity index (χ0v) is 10.7. The van der Waals surface area contributed by atoms with Crippen molar-refractivity contribution in [2.75, 3.05) is 13.1 Å². The molecule has 6 nitrogen and oxygen atoms in total. The minimum atomic E-state index is -0.536. The lowest BCUT2D eigenvalue weighted by Gasteiger charge is -2.22. The molecule has 1 aliphatic carbocycles. The molecule has 2 atom stereocenters. The molecular formula is C13H17N3O3. The van der Waals surface area contributed by atoms with Crippen LogP contribution in [-0.4, -0.2) is 63.8 Å². The Labute approximate surface area is 111 Å². The molecule has 0 aromatic carbocycles. The molecule has 0 spiro atoms. The Kier molecular flexibility index (Phi) is 2.20. The molecule has 4 fully saturated rings. The highest BCUT2D eigenvalue weighted by Crippen LogP contribution is 2.35. The van der Waals surface area contributed by atoms with Crippen molar-refractivity contribution < 1.29 is 14.4 Å². The Morgan fingerprint density at radius 1 is 0.789 bits per heavy atom. The van der Waals surface area contributed by atoms with Gasteiger partial charge in [-0.15, -0.1) is 0 Å². The normalized spacial score (nSPS) is 34.7. The third-order valence-corrected chi connectivity index (χ3v) is 4.74. The van der Waals surface area contributed by atoms with E-state index in [1.54, 1.807) is 4.90 Å². The Morgan fingerprint density at radius 2 is 1.58 bits per heavy atom. The standard InChI is InChI=1S/C13H17N3O3/c17-11-10(5-7-14(11)8-3-4-8)16-12(18)9-2-1-6-15(9)13(16)19/h8-10H,1-7H2/t9-,10-/m0/s1. The van der Waals surface area contributed by atoms with Crippen LogP contribution in [0.15, 0.2) is 0 Å². The van der Waals surface area contributed by atoms with Crippen LogP contribution in [-0.2, 0) is 9.59 Å². The Hall–Kier alpha value is -1.59. The highest BCUT2D eigenvalue weighted by molar-refractivity contribution is 6.08. The first-order valence-corrected chi connectivity index (χ1v) is 7.12. The number of urea groups is 1. The number of carbonyl (C=O) groups excluding carboxylic acids is 3. The van der Waals surface area contributed by atoms with Crippen molar-refractivity contribution in [3.63, 3.8) is 0 Å². The van der Waals surface area contributed by atoms with Crippen molar-refractivity contribution in [2.24, 2.45) is 0 Å². The van der Waals surface area contributed by atoms with Gasteiger partial charge in [0.05, 0.1) is 0 Å². The van der Waals surface area contributed by atoms with Gasteiger partial charge in [-0.25, -0.2) is 9.69 Å². The number of carbonyl (C=O) groups is 3. The number of hydrogen-bond donors (Lipinski definition) is 0. The van der Waals surface area contributed by atoms with E-state index in [2.05, 4.69) is 0 Å². The van der Waals surface area contributed by atoms with Crippen molar-refractivity contribution in [3.05, 3.63) is 0 Å². The third-order valence-electron chi connectivity index (χ3n) is 4.74. The molecule has 6 heteroatoms. The van der Waals surface area contributed by atoms with Crippen LogP contribution in [0.1, 0.15) is 32.1 Å². The van der Waals surface area contributed by atoms with E-state index in [0.29, 0.717) is 25.6 Å². The van der Waals surface area contributed by atoms with E-state index in [-0.39, 0.29) is 23.9 Å². The first-order chi connectivity index (χ1) is 9.18. The number of hydrogen-bond acceptors (Lipinski definition) is 3. The van der Waals surface area contributed by atoms with Gasteiger partial charge in [0, 0.05) is 19.1 Å². The van der Waals surface area contributed by atoms with E-state index in [1.807, 2.05) is 4.90 Å². The number of rotatable bonds is 2. The molecule has 3 aliphatic heterocycles. The summed E-state index contributed by atoms with van der Waals surface area (Å²) in [7, 11) is 0. The molecule has 3 heterocycles. The SMILES string of the molecule is O=C1[C@@H](N2C(=O)[C@@H]3CCCN3C2=O)CCN1C1CC1. The van der Waals surface area contributed by atoms with E-state index < -0.39 is 6.04 Å². The van der Waals surface area contributed by atoms with Crippen LogP contribution in [0, 0.1) is 0 Å². The van der Waals surface area contributed by atoms with Crippen LogP contribution in [0.4, 0.5) is 4.79 Å². The summed E-state index contributed by atoms with van der Waals surface area (Å²) in [6.07, 6.45) is 4.37. The van der Waals surface area contributed by atoms with Gasteiger partial charge >= 0.3 is 6.03 Å². The maximum atomic E-state index is 12.3. The van der Waals surface area contributed by atoms with Crippen LogP contribution in [0.3, 0.4) is 0 Å². The minimum Gasteiger partial charge on any atom is -0.338 e. The summed E-state index contributed by atoms with van der Waals surface area (Å²) >= 11 is 0. The first-order valence-electron chi connectivity index (χ1n) is 7.12. The second-order valence-corrected chi connectivity index (χ2v) is 5.91. The van der Waals surface area contributed by atoms with E-state index in [9.17, 15) is 14.4 Å². The maximum absolute atomic E-state index is 12.3. The molecule has 0 aromatic rings. The molecule has 4 rings (SSSR count). The summed E-state index contributed by atoms with van der Waals surface area (Å²) in [5.41, 5.74) is 0. The topological polar surface area (TPSA) is 60.9 Å². The van der Waals surface area contributed by atoms with Crippen LogP contribution in [0.25, 0.3) is 0 Å². The lowest BCUT2D eigenvalue weighted by Crippen LogP contribution is -2.46. The van der Waals surface area contributed by atoms with E-state index in [1.165, 1.54) is 4.90 Å². The summed E-state index contributed by atoms with van der Waals surface area (Å²) in [5, 5.41) is 0. The van der Waals surface area contributed by atoms with Crippen LogP contribution >= 0.6 is 0 Å². The van der Waals surface area contributed by atoms with Crippen molar-refractivity contribution >= 4 is 17.8 Å². The molecule has 102 valence electrons. The second kappa shape index (κ2) is 3.71. The predicted octanol–water partition coefficient (Wildman–Crippen LogP) is 0.176. The number of nitrogens with zero attached hydrogens (tertiary/aromatic N) is 3. The van der Waals surface area contributed by atoms with Crippen molar-refractivity contribution in [1.29, 1.82) is 0 Å². The molecule has 1 saturated carbocycles. The van der Waals surface area contributed by atoms with Gasteiger partial charge in [-0.05, 0) is 32.1 Å². The van der Waals surface area contributed by atoms with Crippen LogP contribution < -0.4 is 0 Å². The highest BCUT2D eigenvalue weighted by Gasteiger charge is 2.54. The van der Waals surface area contributed by atoms with Crippen molar-refractivity contribution in [1.82, 2.24) is 14.7 Å². The number of imide groups is 1. The Morgan fingerprint density at radius 3 is 2.26 bits per heavy atom. The van der Waals surface area contributed by atoms with Gasteiger partial charge in [-0.2, -0.15) is 0 Å². The maximum Gasteiger partial charge on any atom is 0.328 e. The lowest BCUT2D eigenvalue weighted by atomic mass is 10.1. The largest absolute Gasteiger partial charge is 0.338 e. The van der Waals surface area contributed by atoms with Crippen LogP contribution in [0.5, 0.6) is 0 Å². The van der Waals surface area contributed by atoms with Gasteiger partial charge in [0.2, 0.25) is 5.91 Å². The number of likely N-dealkylation sites (tertiary alicyclic amines) is 1.